The number of anilines is 2. The number of nitrogens with zero attached hydrogens (tertiary/aromatic N) is 3. The van der Waals surface area contributed by atoms with Crippen molar-refractivity contribution in [2.24, 2.45) is 5.92 Å². The molecule has 0 unspecified atom stereocenters. The van der Waals surface area contributed by atoms with Gasteiger partial charge in [0.2, 0.25) is 5.95 Å². The summed E-state index contributed by atoms with van der Waals surface area (Å²) in [7, 11) is 4.02. The Bertz CT molecular complexity index is 1060. The number of aromatic nitrogens is 2. The molecule has 0 atom stereocenters. The van der Waals surface area contributed by atoms with Gasteiger partial charge < -0.3 is 15.5 Å². The average Bonchev–Trinajstić information content (AvgIpc) is 2.78. The molecule has 6 nitrogen and oxygen atoms in total. The van der Waals surface area contributed by atoms with Gasteiger partial charge in [-0.25, -0.2) is 4.98 Å². The predicted molar refractivity (Wildman–Crippen MR) is 127 cm³/mol. The zero-order valence-electron chi connectivity index (χ0n) is 18.6. The van der Waals surface area contributed by atoms with Gasteiger partial charge in [-0.05, 0) is 62.3 Å². The molecule has 6 heteroatoms. The molecule has 1 fully saturated rings. The van der Waals surface area contributed by atoms with Gasteiger partial charge in [-0.3, -0.25) is 4.79 Å². The number of benzene rings is 2. The lowest BCUT2D eigenvalue weighted by Crippen LogP contribution is -2.34. The van der Waals surface area contributed by atoms with E-state index in [4.69, 9.17) is 9.97 Å². The number of amides is 1. The molecule has 0 bridgehead atoms. The van der Waals surface area contributed by atoms with Crippen molar-refractivity contribution < 1.29 is 4.79 Å². The van der Waals surface area contributed by atoms with Gasteiger partial charge in [0.15, 0.2) is 0 Å². The number of rotatable bonds is 6. The molecule has 1 heterocycles. The minimum absolute atomic E-state index is 0.0270. The van der Waals surface area contributed by atoms with E-state index in [2.05, 4.69) is 16.7 Å². The van der Waals surface area contributed by atoms with Crippen LogP contribution < -0.4 is 15.5 Å². The number of nitrogens with one attached hydrogen (secondary N) is 2. The maximum atomic E-state index is 12.5. The molecule has 3 aromatic rings. The van der Waals surface area contributed by atoms with E-state index in [0.717, 1.165) is 60.1 Å². The quantitative estimate of drug-likeness (QED) is 0.622. The number of hydrogen-bond acceptors (Lipinski definition) is 5. The van der Waals surface area contributed by atoms with Crippen LogP contribution in [-0.4, -0.2) is 42.6 Å². The molecule has 0 aliphatic heterocycles. The highest BCUT2D eigenvalue weighted by molar-refractivity contribution is 5.95. The van der Waals surface area contributed by atoms with Crippen LogP contribution in [0.5, 0.6) is 0 Å². The number of carbonyl (C=O) groups is 1. The third kappa shape index (κ3) is 4.95. The summed E-state index contributed by atoms with van der Waals surface area (Å²) in [6.45, 7) is 2.71. The molecule has 4 rings (SSSR count). The van der Waals surface area contributed by atoms with Gasteiger partial charge in [0.25, 0.3) is 5.91 Å². The molecule has 1 amide bonds. The Morgan fingerprint density at radius 3 is 2.45 bits per heavy atom. The van der Waals surface area contributed by atoms with Crippen molar-refractivity contribution in [3.8, 4) is 0 Å². The second-order valence-corrected chi connectivity index (χ2v) is 8.67. The topological polar surface area (TPSA) is 70.2 Å². The molecule has 0 spiro atoms. The minimum Gasteiger partial charge on any atom is -0.362 e. The zero-order chi connectivity index (χ0) is 21.8. The first kappa shape index (κ1) is 21.1. The third-order valence-corrected chi connectivity index (χ3v) is 6.13. The standard InChI is InChI=1S/C25H31N5O/c1-17-8-4-5-9-20(17)24(31)26-16-18-12-14-19(15-13-18)27-25-28-22-11-7-6-10-21(22)23(29-25)30(2)3/h4-11,18-19H,12-16H2,1-3H3,(H,26,31)(H,27,28,29)/t18-,19+. The summed E-state index contributed by atoms with van der Waals surface area (Å²) in [5, 5.41) is 7.74. The van der Waals surface area contributed by atoms with Crippen LogP contribution in [0.3, 0.4) is 0 Å². The fourth-order valence-corrected chi connectivity index (χ4v) is 4.32. The SMILES string of the molecule is Cc1ccccc1C(=O)NC[C@H]1CC[C@@H](Nc2nc(N(C)C)c3ccccc3n2)CC1. The first-order valence-electron chi connectivity index (χ1n) is 11.1. The van der Waals surface area contributed by atoms with Gasteiger partial charge in [-0.15, -0.1) is 0 Å². The lowest BCUT2D eigenvalue weighted by Gasteiger charge is -2.29. The van der Waals surface area contributed by atoms with Crippen LogP contribution in [-0.2, 0) is 0 Å². The van der Waals surface area contributed by atoms with Crippen LogP contribution in [0.2, 0.25) is 0 Å². The Morgan fingerprint density at radius 1 is 1.00 bits per heavy atom. The number of hydrogen-bond donors (Lipinski definition) is 2. The summed E-state index contributed by atoms with van der Waals surface area (Å²) in [6, 6.07) is 16.2. The Labute approximate surface area is 184 Å². The summed E-state index contributed by atoms with van der Waals surface area (Å²) in [6.07, 6.45) is 4.27. The molecule has 31 heavy (non-hydrogen) atoms. The van der Waals surface area contributed by atoms with Crippen LogP contribution in [0.15, 0.2) is 48.5 Å². The molecular formula is C25H31N5O. The Balaban J connectivity index is 1.32. The molecular weight excluding hydrogens is 386 g/mol. The fourth-order valence-electron chi connectivity index (χ4n) is 4.32. The van der Waals surface area contributed by atoms with Gasteiger partial charge in [-0.2, -0.15) is 4.98 Å². The number of fused-ring (bicyclic) bond motifs is 1. The maximum Gasteiger partial charge on any atom is 0.251 e. The van der Waals surface area contributed by atoms with Crippen molar-refractivity contribution in [2.75, 3.05) is 30.9 Å². The third-order valence-electron chi connectivity index (χ3n) is 6.13. The van der Waals surface area contributed by atoms with Gasteiger partial charge in [-0.1, -0.05) is 30.3 Å². The van der Waals surface area contributed by atoms with Gasteiger partial charge >= 0.3 is 0 Å². The summed E-state index contributed by atoms with van der Waals surface area (Å²) < 4.78 is 0. The van der Waals surface area contributed by atoms with Gasteiger partial charge in [0, 0.05) is 37.6 Å². The van der Waals surface area contributed by atoms with Crippen molar-refractivity contribution in [3.05, 3.63) is 59.7 Å². The molecule has 1 aliphatic carbocycles. The summed E-state index contributed by atoms with van der Waals surface area (Å²) in [5.74, 6) is 2.17. The molecule has 2 N–H and O–H groups in total. The lowest BCUT2D eigenvalue weighted by atomic mass is 9.86. The minimum atomic E-state index is 0.0270. The normalized spacial score (nSPS) is 18.5. The molecule has 1 aromatic heterocycles. The molecule has 162 valence electrons. The van der Waals surface area contributed by atoms with E-state index in [0.29, 0.717) is 17.9 Å². The average molecular weight is 418 g/mol. The second-order valence-electron chi connectivity index (χ2n) is 8.67. The lowest BCUT2D eigenvalue weighted by molar-refractivity contribution is 0.0942. The number of para-hydroxylation sites is 1. The Morgan fingerprint density at radius 2 is 1.71 bits per heavy atom. The van der Waals surface area contributed by atoms with E-state index in [9.17, 15) is 4.79 Å². The first-order chi connectivity index (χ1) is 15.0. The molecule has 2 aromatic carbocycles. The van der Waals surface area contributed by atoms with Crippen LogP contribution in [0.1, 0.15) is 41.6 Å². The van der Waals surface area contributed by atoms with Crippen molar-refractivity contribution in [3.63, 3.8) is 0 Å². The second kappa shape index (κ2) is 9.33. The van der Waals surface area contributed by atoms with Crippen molar-refractivity contribution in [1.82, 2.24) is 15.3 Å². The summed E-state index contributed by atoms with van der Waals surface area (Å²) in [5.41, 5.74) is 2.74. The van der Waals surface area contributed by atoms with Gasteiger partial charge in [0.1, 0.15) is 5.82 Å². The Hall–Kier alpha value is -3.15. The van der Waals surface area contributed by atoms with Crippen LogP contribution in [0.25, 0.3) is 10.9 Å². The zero-order valence-corrected chi connectivity index (χ0v) is 18.6. The fraction of sp³-hybridized carbons (Fsp3) is 0.400. The summed E-state index contributed by atoms with van der Waals surface area (Å²) >= 11 is 0. The van der Waals surface area contributed by atoms with E-state index in [1.165, 1.54) is 0 Å². The van der Waals surface area contributed by atoms with Crippen LogP contribution in [0.4, 0.5) is 11.8 Å². The Kier molecular flexibility index (Phi) is 6.35. The van der Waals surface area contributed by atoms with E-state index in [1.54, 1.807) is 0 Å². The van der Waals surface area contributed by atoms with Crippen LogP contribution >= 0.6 is 0 Å². The predicted octanol–water partition coefficient (Wildman–Crippen LogP) is 4.40. The van der Waals surface area contributed by atoms with E-state index in [1.807, 2.05) is 68.4 Å². The van der Waals surface area contributed by atoms with Crippen molar-refractivity contribution >= 4 is 28.6 Å². The highest BCUT2D eigenvalue weighted by atomic mass is 16.1. The molecule has 1 saturated carbocycles. The molecule has 0 radical (unpaired) electrons. The smallest absolute Gasteiger partial charge is 0.251 e. The van der Waals surface area contributed by atoms with Crippen molar-refractivity contribution in [1.29, 1.82) is 0 Å². The van der Waals surface area contributed by atoms with E-state index >= 15 is 0 Å². The number of carbonyl (C=O) groups excluding carboxylic acids is 1. The largest absolute Gasteiger partial charge is 0.362 e. The molecule has 0 saturated heterocycles. The maximum absolute atomic E-state index is 12.5. The highest BCUT2D eigenvalue weighted by Gasteiger charge is 2.23. The summed E-state index contributed by atoms with van der Waals surface area (Å²) in [4.78, 5) is 24.0. The monoisotopic (exact) mass is 417 g/mol. The number of aryl methyl sites for hydroxylation is 1. The highest BCUT2D eigenvalue weighted by Crippen LogP contribution is 2.28. The van der Waals surface area contributed by atoms with E-state index in [-0.39, 0.29) is 5.91 Å². The first-order valence-corrected chi connectivity index (χ1v) is 11.1. The van der Waals surface area contributed by atoms with Crippen molar-refractivity contribution in [2.45, 2.75) is 38.6 Å². The van der Waals surface area contributed by atoms with E-state index < -0.39 is 0 Å². The van der Waals surface area contributed by atoms with Crippen LogP contribution in [0, 0.1) is 12.8 Å². The molecule has 1 aliphatic rings. The van der Waals surface area contributed by atoms with Gasteiger partial charge in [0.05, 0.1) is 5.52 Å².